The molecule has 0 saturated heterocycles. The van der Waals surface area contributed by atoms with Crippen molar-refractivity contribution >= 4 is 17.8 Å². The van der Waals surface area contributed by atoms with Crippen molar-refractivity contribution in [2.45, 2.75) is 26.7 Å². The van der Waals surface area contributed by atoms with E-state index >= 15 is 0 Å². The van der Waals surface area contributed by atoms with Crippen LogP contribution in [0.3, 0.4) is 0 Å². The molecule has 0 aromatic heterocycles. The second-order valence-corrected chi connectivity index (χ2v) is 3.90. The fourth-order valence-corrected chi connectivity index (χ4v) is 1.03. The number of Topliss-reactive ketones (excluding diaryl/α,β-unsaturated/α-hetero) is 1. The second kappa shape index (κ2) is 9.21. The Kier molecular flexibility index (Phi) is 8.26. The van der Waals surface area contributed by atoms with Gasteiger partial charge in [0, 0.05) is 18.5 Å². The molecular formula is C12H20N2O4. The van der Waals surface area contributed by atoms with Gasteiger partial charge in [0.25, 0.3) is 0 Å². The van der Waals surface area contributed by atoms with Crippen LogP contribution in [0.5, 0.6) is 0 Å². The molecule has 0 rings (SSSR count). The van der Waals surface area contributed by atoms with E-state index in [-0.39, 0.29) is 25.0 Å². The lowest BCUT2D eigenvalue weighted by Gasteiger charge is -2.07. The van der Waals surface area contributed by atoms with Crippen LogP contribution in [0.25, 0.3) is 0 Å². The number of carbonyl (C=O) groups excluding carboxylic acids is 3. The average Bonchev–Trinajstić information content (AvgIpc) is 2.29. The normalized spacial score (nSPS) is 9.44. The van der Waals surface area contributed by atoms with Crippen molar-refractivity contribution in [3.63, 3.8) is 0 Å². The Morgan fingerprint density at radius 1 is 1.11 bits per heavy atom. The molecule has 2 amide bonds. The summed E-state index contributed by atoms with van der Waals surface area (Å²) < 4.78 is 4.79. The highest BCUT2D eigenvalue weighted by molar-refractivity contribution is 5.86. The third-order valence-corrected chi connectivity index (χ3v) is 1.96. The van der Waals surface area contributed by atoms with Gasteiger partial charge < -0.3 is 20.2 Å². The molecule has 0 aliphatic heterocycles. The molecule has 0 radical (unpaired) electrons. The highest BCUT2D eigenvalue weighted by Crippen LogP contribution is 1.90. The predicted molar refractivity (Wildman–Crippen MR) is 67.1 cm³/mol. The standard InChI is InChI=1S/C12H20N2O4/c1-9(2)11(16)18-8-7-14-12(17)13-6-4-5-10(3)15/h1,4-8H2,2-3H3,(H2,13,14,17). The summed E-state index contributed by atoms with van der Waals surface area (Å²) in [5.74, 6) is -0.373. The summed E-state index contributed by atoms with van der Waals surface area (Å²) in [4.78, 5) is 32.8. The minimum absolute atomic E-state index is 0.101. The third kappa shape index (κ3) is 9.38. The van der Waals surface area contributed by atoms with Gasteiger partial charge in [-0.15, -0.1) is 0 Å². The smallest absolute Gasteiger partial charge is 0.333 e. The monoisotopic (exact) mass is 256 g/mol. The molecule has 0 aromatic carbocycles. The van der Waals surface area contributed by atoms with E-state index in [0.717, 1.165) is 0 Å². The van der Waals surface area contributed by atoms with Gasteiger partial charge in [0.15, 0.2) is 0 Å². The summed E-state index contributed by atoms with van der Waals surface area (Å²) in [7, 11) is 0. The van der Waals surface area contributed by atoms with Crippen molar-refractivity contribution in [3.8, 4) is 0 Å². The Bertz CT molecular complexity index is 326. The Hall–Kier alpha value is -1.85. The second-order valence-electron chi connectivity index (χ2n) is 3.90. The van der Waals surface area contributed by atoms with Crippen molar-refractivity contribution in [3.05, 3.63) is 12.2 Å². The Labute approximate surface area is 107 Å². The molecule has 6 heteroatoms. The zero-order valence-electron chi connectivity index (χ0n) is 10.9. The van der Waals surface area contributed by atoms with Gasteiger partial charge in [-0.25, -0.2) is 9.59 Å². The summed E-state index contributed by atoms with van der Waals surface area (Å²) in [6.07, 6.45) is 1.07. The lowest BCUT2D eigenvalue weighted by Crippen LogP contribution is -2.38. The minimum atomic E-state index is -0.473. The van der Waals surface area contributed by atoms with E-state index < -0.39 is 5.97 Å². The molecule has 0 atom stereocenters. The lowest BCUT2D eigenvalue weighted by atomic mass is 10.2. The van der Waals surface area contributed by atoms with Gasteiger partial charge in [0.2, 0.25) is 0 Å². The van der Waals surface area contributed by atoms with Gasteiger partial charge >= 0.3 is 12.0 Å². The number of ether oxygens (including phenoxy) is 1. The predicted octanol–water partition coefficient (Wildman–Crippen LogP) is 0.774. The molecule has 0 fully saturated rings. The Morgan fingerprint density at radius 3 is 2.28 bits per heavy atom. The van der Waals surface area contributed by atoms with Crippen molar-refractivity contribution in [2.75, 3.05) is 19.7 Å². The minimum Gasteiger partial charge on any atom is -0.460 e. The maximum absolute atomic E-state index is 11.2. The Morgan fingerprint density at radius 2 is 1.72 bits per heavy atom. The fourth-order valence-electron chi connectivity index (χ4n) is 1.03. The lowest BCUT2D eigenvalue weighted by molar-refractivity contribution is -0.138. The van der Waals surface area contributed by atoms with Gasteiger partial charge in [-0.2, -0.15) is 0 Å². The first-order valence-electron chi connectivity index (χ1n) is 5.77. The average molecular weight is 256 g/mol. The van der Waals surface area contributed by atoms with Crippen LogP contribution in [0.15, 0.2) is 12.2 Å². The number of hydrogen-bond acceptors (Lipinski definition) is 4. The largest absolute Gasteiger partial charge is 0.460 e. The molecule has 0 bridgehead atoms. The fraction of sp³-hybridized carbons (Fsp3) is 0.583. The van der Waals surface area contributed by atoms with Crippen LogP contribution in [0, 0.1) is 0 Å². The van der Waals surface area contributed by atoms with Gasteiger partial charge in [0.1, 0.15) is 12.4 Å². The first kappa shape index (κ1) is 16.1. The Balaban J connectivity index is 3.45. The SMILES string of the molecule is C=C(C)C(=O)OCCNC(=O)NCCCC(C)=O. The maximum Gasteiger partial charge on any atom is 0.333 e. The highest BCUT2D eigenvalue weighted by Gasteiger charge is 2.03. The molecule has 102 valence electrons. The van der Waals surface area contributed by atoms with Gasteiger partial charge in [-0.3, -0.25) is 0 Å². The molecule has 0 unspecified atom stereocenters. The van der Waals surface area contributed by atoms with Gasteiger partial charge in [0.05, 0.1) is 6.54 Å². The van der Waals surface area contributed by atoms with Crippen LogP contribution < -0.4 is 10.6 Å². The molecule has 2 N–H and O–H groups in total. The summed E-state index contributed by atoms with van der Waals surface area (Å²) in [6, 6.07) is -0.343. The first-order valence-corrected chi connectivity index (χ1v) is 5.77. The van der Waals surface area contributed by atoms with E-state index in [0.29, 0.717) is 25.0 Å². The summed E-state index contributed by atoms with van der Waals surface area (Å²) in [6.45, 7) is 7.27. The van der Waals surface area contributed by atoms with Crippen LogP contribution in [-0.4, -0.2) is 37.5 Å². The van der Waals surface area contributed by atoms with Crippen LogP contribution in [-0.2, 0) is 14.3 Å². The molecule has 0 aliphatic carbocycles. The topological polar surface area (TPSA) is 84.5 Å². The van der Waals surface area contributed by atoms with Gasteiger partial charge in [-0.1, -0.05) is 6.58 Å². The van der Waals surface area contributed by atoms with E-state index in [1.165, 1.54) is 6.92 Å². The number of urea groups is 1. The van der Waals surface area contributed by atoms with Crippen LogP contribution in [0.4, 0.5) is 4.79 Å². The van der Waals surface area contributed by atoms with Crippen molar-refractivity contribution in [1.82, 2.24) is 10.6 Å². The number of carbonyl (C=O) groups is 3. The maximum atomic E-state index is 11.2. The van der Waals surface area contributed by atoms with E-state index in [1.807, 2.05) is 0 Å². The number of nitrogens with one attached hydrogen (secondary N) is 2. The molecule has 18 heavy (non-hydrogen) atoms. The number of rotatable bonds is 8. The zero-order valence-corrected chi connectivity index (χ0v) is 10.9. The molecule has 0 saturated carbocycles. The summed E-state index contributed by atoms with van der Waals surface area (Å²) in [5, 5.41) is 5.11. The number of amides is 2. The van der Waals surface area contributed by atoms with Gasteiger partial charge in [-0.05, 0) is 20.3 Å². The third-order valence-electron chi connectivity index (χ3n) is 1.96. The van der Waals surface area contributed by atoms with Crippen LogP contribution in [0.1, 0.15) is 26.7 Å². The zero-order chi connectivity index (χ0) is 14.0. The summed E-state index contributed by atoms with van der Waals surface area (Å²) >= 11 is 0. The molecule has 0 aromatic rings. The van der Waals surface area contributed by atoms with Crippen LogP contribution >= 0.6 is 0 Å². The molecule has 0 heterocycles. The summed E-state index contributed by atoms with van der Waals surface area (Å²) in [5.41, 5.74) is 0.323. The molecular weight excluding hydrogens is 236 g/mol. The van der Waals surface area contributed by atoms with E-state index in [4.69, 9.17) is 4.74 Å². The molecule has 0 aliphatic rings. The number of ketones is 1. The number of esters is 1. The number of hydrogen-bond donors (Lipinski definition) is 2. The quantitative estimate of drug-likeness (QED) is 0.382. The van der Waals surface area contributed by atoms with Crippen molar-refractivity contribution in [2.24, 2.45) is 0 Å². The molecule has 6 nitrogen and oxygen atoms in total. The van der Waals surface area contributed by atoms with Crippen molar-refractivity contribution in [1.29, 1.82) is 0 Å². The molecule has 0 spiro atoms. The van der Waals surface area contributed by atoms with E-state index in [2.05, 4.69) is 17.2 Å². The van der Waals surface area contributed by atoms with E-state index in [1.54, 1.807) is 6.92 Å². The highest BCUT2D eigenvalue weighted by atomic mass is 16.5. The van der Waals surface area contributed by atoms with Crippen molar-refractivity contribution < 1.29 is 19.1 Å². The first-order chi connectivity index (χ1) is 8.43. The van der Waals surface area contributed by atoms with Crippen LogP contribution in [0.2, 0.25) is 0 Å². The van der Waals surface area contributed by atoms with E-state index in [9.17, 15) is 14.4 Å².